The third kappa shape index (κ3) is 5.48. The number of likely N-dealkylation sites (tertiary alicyclic amines) is 1. The molecule has 1 aliphatic rings. The Balaban J connectivity index is 2.00. The van der Waals surface area contributed by atoms with Crippen LogP contribution in [0.5, 0.6) is 0 Å². The number of aryl methyl sites for hydroxylation is 1. The zero-order valence-electron chi connectivity index (χ0n) is 16.9. The Labute approximate surface area is 158 Å². The molecule has 1 aromatic rings. The van der Waals surface area contributed by atoms with Crippen molar-refractivity contribution in [1.82, 2.24) is 15.5 Å². The molecular weight excluding hydrogens is 324 g/mol. The molecule has 1 amide bonds. The van der Waals surface area contributed by atoms with E-state index in [0.717, 1.165) is 32.0 Å². The summed E-state index contributed by atoms with van der Waals surface area (Å²) in [6.07, 6.45) is 1.54. The molecule has 1 fully saturated rings. The molecule has 1 aliphatic heterocycles. The molecule has 0 radical (unpaired) electrons. The summed E-state index contributed by atoms with van der Waals surface area (Å²) in [5.74, 6) is 1.07. The van der Waals surface area contributed by atoms with Gasteiger partial charge in [-0.1, -0.05) is 50.6 Å². The molecule has 1 unspecified atom stereocenters. The van der Waals surface area contributed by atoms with Gasteiger partial charge in [-0.2, -0.15) is 0 Å². The number of benzene rings is 1. The van der Waals surface area contributed by atoms with Crippen LogP contribution < -0.4 is 10.6 Å². The van der Waals surface area contributed by atoms with E-state index in [9.17, 15) is 4.79 Å². The van der Waals surface area contributed by atoms with Crippen molar-refractivity contribution in [2.75, 3.05) is 26.2 Å². The first-order valence-electron chi connectivity index (χ1n) is 9.75. The SMILES string of the molecule is CCNC(=NCC(C)(C)c1ccc(C)cc1)NC1CCN(C(=O)CC)C1. The molecule has 0 saturated carbocycles. The molecule has 0 aromatic heterocycles. The lowest BCUT2D eigenvalue weighted by Crippen LogP contribution is -2.45. The first-order valence-corrected chi connectivity index (χ1v) is 9.75. The molecule has 2 rings (SSSR count). The second-order valence-corrected chi connectivity index (χ2v) is 7.77. The summed E-state index contributed by atoms with van der Waals surface area (Å²) in [5.41, 5.74) is 2.54. The molecule has 144 valence electrons. The predicted octanol–water partition coefficient (Wildman–Crippen LogP) is 2.84. The maximum atomic E-state index is 11.9. The number of carbonyl (C=O) groups excluding carboxylic acids is 1. The number of nitrogens with one attached hydrogen (secondary N) is 2. The molecule has 1 heterocycles. The van der Waals surface area contributed by atoms with E-state index in [1.807, 2.05) is 11.8 Å². The van der Waals surface area contributed by atoms with Crippen LogP contribution in [-0.2, 0) is 10.2 Å². The van der Waals surface area contributed by atoms with Gasteiger partial charge in [-0.05, 0) is 25.8 Å². The van der Waals surface area contributed by atoms with Crippen LogP contribution in [0.2, 0.25) is 0 Å². The van der Waals surface area contributed by atoms with Crippen LogP contribution in [0.4, 0.5) is 0 Å². The number of aliphatic imine (C=N–C) groups is 1. The number of hydrogen-bond acceptors (Lipinski definition) is 2. The van der Waals surface area contributed by atoms with E-state index < -0.39 is 0 Å². The number of hydrogen-bond donors (Lipinski definition) is 2. The molecule has 2 N–H and O–H groups in total. The standard InChI is InChI=1S/C21H34N4O/c1-6-19(26)25-13-12-18(14-25)24-20(22-7-2)23-15-21(4,5)17-10-8-16(3)9-11-17/h8-11,18H,6-7,12-15H2,1-5H3,(H2,22,23,24). The Morgan fingerprint density at radius 2 is 1.96 bits per heavy atom. The fourth-order valence-electron chi connectivity index (χ4n) is 3.21. The molecule has 0 bridgehead atoms. The van der Waals surface area contributed by atoms with E-state index in [1.54, 1.807) is 0 Å². The monoisotopic (exact) mass is 358 g/mol. The molecule has 1 atom stereocenters. The average Bonchev–Trinajstić information content (AvgIpc) is 3.08. The first-order chi connectivity index (χ1) is 12.4. The average molecular weight is 359 g/mol. The summed E-state index contributed by atoms with van der Waals surface area (Å²) in [6, 6.07) is 8.96. The second-order valence-electron chi connectivity index (χ2n) is 7.77. The van der Waals surface area contributed by atoms with Crippen LogP contribution in [0.1, 0.15) is 51.7 Å². The molecule has 26 heavy (non-hydrogen) atoms. The highest BCUT2D eigenvalue weighted by atomic mass is 16.2. The van der Waals surface area contributed by atoms with Crippen molar-refractivity contribution in [3.63, 3.8) is 0 Å². The van der Waals surface area contributed by atoms with Crippen molar-refractivity contribution >= 4 is 11.9 Å². The fraction of sp³-hybridized carbons (Fsp3) is 0.619. The first kappa shape index (κ1) is 20.3. The molecule has 0 aliphatic carbocycles. The summed E-state index contributed by atoms with van der Waals surface area (Å²) in [6.45, 7) is 13.7. The highest BCUT2D eigenvalue weighted by Gasteiger charge is 2.26. The van der Waals surface area contributed by atoms with E-state index in [4.69, 9.17) is 4.99 Å². The second kappa shape index (κ2) is 9.06. The fourth-order valence-corrected chi connectivity index (χ4v) is 3.21. The quantitative estimate of drug-likeness (QED) is 0.607. The Kier molecular flexibility index (Phi) is 7.06. The van der Waals surface area contributed by atoms with Gasteiger partial charge in [-0.15, -0.1) is 0 Å². The Morgan fingerprint density at radius 1 is 1.27 bits per heavy atom. The van der Waals surface area contributed by atoms with Gasteiger partial charge < -0.3 is 15.5 Å². The Morgan fingerprint density at radius 3 is 2.58 bits per heavy atom. The van der Waals surface area contributed by atoms with Gasteiger partial charge in [-0.25, -0.2) is 0 Å². The predicted molar refractivity (Wildman–Crippen MR) is 109 cm³/mol. The summed E-state index contributed by atoms with van der Waals surface area (Å²) >= 11 is 0. The van der Waals surface area contributed by atoms with Gasteiger partial charge in [0.05, 0.1) is 6.54 Å². The minimum absolute atomic E-state index is 0.0318. The lowest BCUT2D eigenvalue weighted by atomic mass is 9.84. The number of guanidine groups is 1. The van der Waals surface area contributed by atoms with Crippen LogP contribution in [0.15, 0.2) is 29.3 Å². The lowest BCUT2D eigenvalue weighted by Gasteiger charge is -2.25. The van der Waals surface area contributed by atoms with Crippen molar-refractivity contribution in [3.05, 3.63) is 35.4 Å². The number of nitrogens with zero attached hydrogens (tertiary/aromatic N) is 2. The van der Waals surface area contributed by atoms with Gasteiger partial charge in [0.2, 0.25) is 5.91 Å². The van der Waals surface area contributed by atoms with Gasteiger partial charge in [0.25, 0.3) is 0 Å². The molecule has 1 saturated heterocycles. The van der Waals surface area contributed by atoms with Crippen molar-refractivity contribution < 1.29 is 4.79 Å². The van der Waals surface area contributed by atoms with Crippen molar-refractivity contribution in [1.29, 1.82) is 0 Å². The van der Waals surface area contributed by atoms with E-state index in [0.29, 0.717) is 13.0 Å². The molecule has 5 nitrogen and oxygen atoms in total. The Hall–Kier alpha value is -2.04. The Bertz CT molecular complexity index is 621. The van der Waals surface area contributed by atoms with Crippen LogP contribution in [0.25, 0.3) is 0 Å². The maximum absolute atomic E-state index is 11.9. The van der Waals surface area contributed by atoms with Gasteiger partial charge in [0.1, 0.15) is 0 Å². The summed E-state index contributed by atoms with van der Waals surface area (Å²) in [7, 11) is 0. The van der Waals surface area contributed by atoms with E-state index >= 15 is 0 Å². The highest BCUT2D eigenvalue weighted by molar-refractivity contribution is 5.80. The van der Waals surface area contributed by atoms with Crippen molar-refractivity contribution in [2.24, 2.45) is 4.99 Å². The summed E-state index contributed by atoms with van der Waals surface area (Å²) < 4.78 is 0. The zero-order valence-corrected chi connectivity index (χ0v) is 16.9. The van der Waals surface area contributed by atoms with Gasteiger partial charge >= 0.3 is 0 Å². The third-order valence-electron chi connectivity index (χ3n) is 4.99. The van der Waals surface area contributed by atoms with Crippen molar-refractivity contribution in [3.8, 4) is 0 Å². The summed E-state index contributed by atoms with van der Waals surface area (Å²) in [4.78, 5) is 18.6. The van der Waals surface area contributed by atoms with Crippen LogP contribution in [-0.4, -0.2) is 49.0 Å². The topological polar surface area (TPSA) is 56.7 Å². The van der Waals surface area contributed by atoms with Gasteiger partial charge in [0, 0.05) is 37.5 Å². The lowest BCUT2D eigenvalue weighted by molar-refractivity contribution is -0.129. The smallest absolute Gasteiger partial charge is 0.222 e. The number of amides is 1. The molecular formula is C21H34N4O. The van der Waals surface area contributed by atoms with Crippen LogP contribution in [0, 0.1) is 6.92 Å². The maximum Gasteiger partial charge on any atom is 0.222 e. The molecule has 1 aromatic carbocycles. The number of rotatable bonds is 6. The van der Waals surface area contributed by atoms with Crippen molar-refractivity contribution in [2.45, 2.75) is 58.9 Å². The third-order valence-corrected chi connectivity index (χ3v) is 4.99. The van der Waals surface area contributed by atoms with E-state index in [-0.39, 0.29) is 17.4 Å². The number of carbonyl (C=O) groups is 1. The van der Waals surface area contributed by atoms with E-state index in [2.05, 4.69) is 62.6 Å². The zero-order chi connectivity index (χ0) is 19.2. The van der Waals surface area contributed by atoms with Gasteiger partial charge in [-0.3, -0.25) is 9.79 Å². The van der Waals surface area contributed by atoms with Gasteiger partial charge in [0.15, 0.2) is 5.96 Å². The minimum Gasteiger partial charge on any atom is -0.357 e. The van der Waals surface area contributed by atoms with E-state index in [1.165, 1.54) is 11.1 Å². The molecule has 0 spiro atoms. The normalized spacial score (nSPS) is 18.1. The van der Waals surface area contributed by atoms with Crippen LogP contribution >= 0.6 is 0 Å². The largest absolute Gasteiger partial charge is 0.357 e. The van der Waals surface area contributed by atoms with Crippen LogP contribution in [0.3, 0.4) is 0 Å². The molecule has 5 heteroatoms. The minimum atomic E-state index is -0.0318. The summed E-state index contributed by atoms with van der Waals surface area (Å²) in [5, 5.41) is 6.84. The highest BCUT2D eigenvalue weighted by Crippen LogP contribution is 2.23.